The maximum atomic E-state index is 6.17. The minimum Gasteiger partial charge on any atom is -0.486 e. The molecule has 4 nitrogen and oxygen atoms in total. The molecule has 0 aromatic heterocycles. The van der Waals surface area contributed by atoms with Crippen molar-refractivity contribution in [2.75, 3.05) is 20.3 Å². The number of hydrogen-bond donors (Lipinski definition) is 1. The third-order valence-electron chi connectivity index (χ3n) is 3.06. The Balaban J connectivity index is 2.21. The Labute approximate surface area is 102 Å². The van der Waals surface area contributed by atoms with Crippen LogP contribution in [0.15, 0.2) is 18.2 Å². The Kier molecular flexibility index (Phi) is 3.86. The summed E-state index contributed by atoms with van der Waals surface area (Å²) in [6.45, 7) is 3.26. The van der Waals surface area contributed by atoms with Gasteiger partial charge in [0.25, 0.3) is 0 Å². The van der Waals surface area contributed by atoms with E-state index in [0.29, 0.717) is 13.2 Å². The van der Waals surface area contributed by atoms with Crippen molar-refractivity contribution in [3.63, 3.8) is 0 Å². The lowest BCUT2D eigenvalue weighted by Crippen LogP contribution is -2.27. The van der Waals surface area contributed by atoms with Crippen molar-refractivity contribution < 1.29 is 14.2 Å². The van der Waals surface area contributed by atoms with Crippen LogP contribution in [0.25, 0.3) is 0 Å². The fraction of sp³-hybridized carbons (Fsp3) is 0.538. The van der Waals surface area contributed by atoms with Crippen molar-refractivity contribution >= 4 is 0 Å². The van der Waals surface area contributed by atoms with Crippen LogP contribution < -0.4 is 15.2 Å². The third kappa shape index (κ3) is 2.53. The van der Waals surface area contributed by atoms with E-state index in [0.717, 1.165) is 23.5 Å². The molecular weight excluding hydrogens is 218 g/mol. The average molecular weight is 237 g/mol. The van der Waals surface area contributed by atoms with E-state index >= 15 is 0 Å². The highest BCUT2D eigenvalue weighted by molar-refractivity contribution is 5.44. The Morgan fingerprint density at radius 2 is 2.00 bits per heavy atom. The summed E-state index contributed by atoms with van der Waals surface area (Å²) in [4.78, 5) is 0. The summed E-state index contributed by atoms with van der Waals surface area (Å²) in [5.74, 6) is 1.56. The van der Waals surface area contributed by atoms with Gasteiger partial charge < -0.3 is 19.9 Å². The number of ether oxygens (including phenoxy) is 3. The maximum absolute atomic E-state index is 6.17. The van der Waals surface area contributed by atoms with Crippen molar-refractivity contribution in [2.24, 2.45) is 5.73 Å². The van der Waals surface area contributed by atoms with Crippen LogP contribution in [-0.2, 0) is 4.74 Å². The highest BCUT2D eigenvalue weighted by atomic mass is 16.6. The van der Waals surface area contributed by atoms with Crippen LogP contribution in [0.3, 0.4) is 0 Å². The summed E-state index contributed by atoms with van der Waals surface area (Å²) in [6.07, 6.45) is 0.907. The van der Waals surface area contributed by atoms with Gasteiger partial charge >= 0.3 is 0 Å². The van der Waals surface area contributed by atoms with Gasteiger partial charge in [-0.25, -0.2) is 0 Å². The van der Waals surface area contributed by atoms with Gasteiger partial charge in [0.1, 0.15) is 13.2 Å². The zero-order valence-electron chi connectivity index (χ0n) is 10.3. The molecule has 2 atom stereocenters. The van der Waals surface area contributed by atoms with E-state index in [4.69, 9.17) is 19.9 Å². The summed E-state index contributed by atoms with van der Waals surface area (Å²) in [5, 5.41) is 0. The second kappa shape index (κ2) is 5.38. The molecule has 0 saturated heterocycles. The van der Waals surface area contributed by atoms with Gasteiger partial charge in [-0.1, -0.05) is 13.0 Å². The molecule has 2 unspecified atom stereocenters. The molecular formula is C13H19NO3. The van der Waals surface area contributed by atoms with Crippen molar-refractivity contribution in [1.82, 2.24) is 0 Å². The molecule has 2 rings (SSSR count). The minimum absolute atomic E-state index is 0.0255. The van der Waals surface area contributed by atoms with E-state index in [-0.39, 0.29) is 12.1 Å². The second-order valence-corrected chi connectivity index (χ2v) is 4.11. The van der Waals surface area contributed by atoms with Gasteiger partial charge in [0.05, 0.1) is 12.1 Å². The summed E-state index contributed by atoms with van der Waals surface area (Å²) in [5.41, 5.74) is 7.19. The van der Waals surface area contributed by atoms with Gasteiger partial charge in [-0.3, -0.25) is 0 Å². The average Bonchev–Trinajstić information content (AvgIpc) is 2.39. The Morgan fingerprint density at radius 1 is 1.29 bits per heavy atom. The quantitative estimate of drug-likeness (QED) is 0.868. The molecule has 0 radical (unpaired) electrons. The fourth-order valence-corrected chi connectivity index (χ4v) is 2.05. The van der Waals surface area contributed by atoms with Gasteiger partial charge in [-0.05, 0) is 24.1 Å². The molecule has 1 aliphatic heterocycles. The van der Waals surface area contributed by atoms with E-state index in [2.05, 4.69) is 6.92 Å². The molecule has 0 fully saturated rings. The number of methoxy groups -OCH3 is 1. The molecule has 17 heavy (non-hydrogen) atoms. The zero-order chi connectivity index (χ0) is 12.3. The van der Waals surface area contributed by atoms with Gasteiger partial charge in [0, 0.05) is 7.11 Å². The molecule has 94 valence electrons. The Hall–Kier alpha value is -1.26. The third-order valence-corrected chi connectivity index (χ3v) is 3.06. The lowest BCUT2D eigenvalue weighted by molar-refractivity contribution is 0.0770. The number of nitrogens with two attached hydrogens (primary N) is 1. The smallest absolute Gasteiger partial charge is 0.161 e. The summed E-state index contributed by atoms with van der Waals surface area (Å²) < 4.78 is 16.4. The Bertz CT molecular complexity index is 377. The van der Waals surface area contributed by atoms with Crippen LogP contribution in [0, 0.1) is 0 Å². The Morgan fingerprint density at radius 3 is 2.65 bits per heavy atom. The molecule has 0 aliphatic carbocycles. The standard InChI is InChI=1S/C13H19NO3/c1-3-10(15-2)13(14)9-4-5-11-12(8-9)17-7-6-16-11/h4-5,8,10,13H,3,6-7,14H2,1-2H3. The molecule has 1 aliphatic rings. The van der Waals surface area contributed by atoms with Gasteiger partial charge in [-0.15, -0.1) is 0 Å². The molecule has 0 spiro atoms. The van der Waals surface area contributed by atoms with Crippen LogP contribution in [0.4, 0.5) is 0 Å². The van der Waals surface area contributed by atoms with Crippen molar-refractivity contribution in [3.8, 4) is 11.5 Å². The number of benzene rings is 1. The van der Waals surface area contributed by atoms with Crippen LogP contribution in [-0.4, -0.2) is 26.4 Å². The van der Waals surface area contributed by atoms with E-state index in [1.807, 2.05) is 18.2 Å². The first-order chi connectivity index (χ1) is 8.26. The summed E-state index contributed by atoms with van der Waals surface area (Å²) >= 11 is 0. The summed E-state index contributed by atoms with van der Waals surface area (Å²) in [7, 11) is 1.69. The molecule has 1 heterocycles. The highest BCUT2D eigenvalue weighted by Gasteiger charge is 2.20. The predicted octanol–water partition coefficient (Wildman–Crippen LogP) is 1.88. The molecule has 1 aromatic rings. The molecule has 0 saturated carbocycles. The molecule has 0 bridgehead atoms. The van der Waals surface area contributed by atoms with Gasteiger partial charge in [0.15, 0.2) is 11.5 Å². The van der Waals surface area contributed by atoms with Crippen LogP contribution in [0.2, 0.25) is 0 Å². The van der Waals surface area contributed by atoms with E-state index in [1.165, 1.54) is 0 Å². The molecule has 2 N–H and O–H groups in total. The first-order valence-electron chi connectivity index (χ1n) is 5.94. The number of fused-ring (bicyclic) bond motifs is 1. The second-order valence-electron chi connectivity index (χ2n) is 4.11. The molecule has 4 heteroatoms. The van der Waals surface area contributed by atoms with Crippen molar-refractivity contribution in [1.29, 1.82) is 0 Å². The minimum atomic E-state index is -0.138. The first kappa shape index (κ1) is 12.2. The zero-order valence-corrected chi connectivity index (χ0v) is 10.3. The largest absolute Gasteiger partial charge is 0.486 e. The van der Waals surface area contributed by atoms with Gasteiger partial charge in [-0.2, -0.15) is 0 Å². The van der Waals surface area contributed by atoms with Crippen LogP contribution in [0.5, 0.6) is 11.5 Å². The lowest BCUT2D eigenvalue weighted by Gasteiger charge is -2.24. The molecule has 0 amide bonds. The lowest BCUT2D eigenvalue weighted by atomic mass is 10.00. The monoisotopic (exact) mass is 237 g/mol. The number of rotatable bonds is 4. The number of hydrogen-bond acceptors (Lipinski definition) is 4. The normalized spacial score (nSPS) is 17.6. The highest BCUT2D eigenvalue weighted by Crippen LogP contribution is 2.33. The van der Waals surface area contributed by atoms with E-state index in [1.54, 1.807) is 7.11 Å². The molecule has 1 aromatic carbocycles. The van der Waals surface area contributed by atoms with E-state index in [9.17, 15) is 0 Å². The van der Waals surface area contributed by atoms with Crippen LogP contribution >= 0.6 is 0 Å². The SMILES string of the molecule is CCC(OC)C(N)c1ccc2c(c1)OCCO2. The first-order valence-corrected chi connectivity index (χ1v) is 5.94. The van der Waals surface area contributed by atoms with Crippen LogP contribution in [0.1, 0.15) is 24.9 Å². The summed E-state index contributed by atoms with van der Waals surface area (Å²) in [6, 6.07) is 5.69. The van der Waals surface area contributed by atoms with Crippen molar-refractivity contribution in [2.45, 2.75) is 25.5 Å². The van der Waals surface area contributed by atoms with E-state index < -0.39 is 0 Å². The predicted molar refractivity (Wildman–Crippen MR) is 65.4 cm³/mol. The maximum Gasteiger partial charge on any atom is 0.161 e. The van der Waals surface area contributed by atoms with Gasteiger partial charge in [0.2, 0.25) is 0 Å². The topological polar surface area (TPSA) is 53.7 Å². The van der Waals surface area contributed by atoms with Crippen molar-refractivity contribution in [3.05, 3.63) is 23.8 Å². The fourth-order valence-electron chi connectivity index (χ4n) is 2.05.